The Morgan fingerprint density at radius 1 is 0.759 bits per heavy atom. The highest BCUT2D eigenvalue weighted by molar-refractivity contribution is 5.12. The molecule has 0 N–H and O–H groups in total. The predicted octanol–water partition coefficient (Wildman–Crippen LogP) is 3.85. The minimum absolute atomic E-state index is 0.0488. The lowest BCUT2D eigenvalue weighted by atomic mass is 9.93. The Balaban J connectivity index is 1.38. The first-order valence-electron chi connectivity index (χ1n) is 10.1. The van der Waals surface area contributed by atoms with Crippen molar-refractivity contribution in [3.8, 4) is 0 Å². The molecule has 2 aromatic rings. The molecule has 0 radical (unpaired) electrons. The molecule has 0 aromatic carbocycles. The van der Waals surface area contributed by atoms with Gasteiger partial charge in [-0.05, 0) is 0 Å². The molecule has 164 valence electrons. The summed E-state index contributed by atoms with van der Waals surface area (Å²) in [6.07, 6.45) is 0. The van der Waals surface area contributed by atoms with E-state index < -0.39 is 0 Å². The van der Waals surface area contributed by atoms with Crippen molar-refractivity contribution in [2.24, 2.45) is 0 Å². The number of hydrogen-bond donors (Lipinski definition) is 0. The standard InChI is InChI=1S/C21H34N2O6/c1-16(2)19-12-17(22-28-19)14-26-10-8-24-6-7-25-9-11-27-15-18-13-20(29-23-18)21(3,4)5/h12-13,16H,6-11,14-15H2,1-5H3. The van der Waals surface area contributed by atoms with Crippen LogP contribution >= 0.6 is 0 Å². The summed E-state index contributed by atoms with van der Waals surface area (Å²) in [7, 11) is 0. The molecule has 0 spiro atoms. The second kappa shape index (κ2) is 12.1. The SMILES string of the molecule is CC(C)c1cc(COCCOCCOCCOCc2cc(C(C)(C)C)on2)no1. The normalized spacial score (nSPS) is 12.2. The van der Waals surface area contributed by atoms with Crippen molar-refractivity contribution in [3.05, 3.63) is 35.0 Å². The quantitative estimate of drug-likeness (QED) is 0.434. The summed E-state index contributed by atoms with van der Waals surface area (Å²) >= 11 is 0. The van der Waals surface area contributed by atoms with E-state index in [0.717, 1.165) is 22.9 Å². The molecule has 2 aromatic heterocycles. The lowest BCUT2D eigenvalue weighted by molar-refractivity contribution is -0.00717. The van der Waals surface area contributed by atoms with Crippen LogP contribution in [0, 0.1) is 0 Å². The van der Waals surface area contributed by atoms with Crippen LogP contribution in [0.2, 0.25) is 0 Å². The topological polar surface area (TPSA) is 89.0 Å². The van der Waals surface area contributed by atoms with E-state index in [-0.39, 0.29) is 5.41 Å². The Hall–Kier alpha value is -1.74. The molecule has 0 saturated heterocycles. The molecule has 8 nitrogen and oxygen atoms in total. The summed E-state index contributed by atoms with van der Waals surface area (Å²) < 4.78 is 32.5. The van der Waals surface area contributed by atoms with E-state index in [1.165, 1.54) is 0 Å². The van der Waals surface area contributed by atoms with Gasteiger partial charge in [0, 0.05) is 23.5 Å². The first kappa shape index (κ1) is 23.5. The fourth-order valence-electron chi connectivity index (χ4n) is 2.31. The maximum absolute atomic E-state index is 5.54. The van der Waals surface area contributed by atoms with E-state index >= 15 is 0 Å². The van der Waals surface area contributed by atoms with E-state index in [1.807, 2.05) is 12.1 Å². The minimum atomic E-state index is -0.0488. The summed E-state index contributed by atoms with van der Waals surface area (Å²) in [4.78, 5) is 0. The zero-order valence-corrected chi connectivity index (χ0v) is 18.2. The number of rotatable bonds is 14. The number of hydrogen-bond acceptors (Lipinski definition) is 8. The van der Waals surface area contributed by atoms with Gasteiger partial charge in [0.15, 0.2) is 0 Å². The van der Waals surface area contributed by atoms with Gasteiger partial charge >= 0.3 is 0 Å². The van der Waals surface area contributed by atoms with Crippen molar-refractivity contribution >= 4 is 0 Å². The van der Waals surface area contributed by atoms with E-state index in [1.54, 1.807) is 0 Å². The minimum Gasteiger partial charge on any atom is -0.377 e. The van der Waals surface area contributed by atoms with Crippen LogP contribution < -0.4 is 0 Å². The fraction of sp³-hybridized carbons (Fsp3) is 0.714. The molecule has 29 heavy (non-hydrogen) atoms. The molecule has 0 aliphatic rings. The third-order valence-corrected chi connectivity index (χ3v) is 4.06. The van der Waals surface area contributed by atoms with Gasteiger partial charge in [-0.2, -0.15) is 0 Å². The van der Waals surface area contributed by atoms with Gasteiger partial charge in [-0.15, -0.1) is 0 Å². The predicted molar refractivity (Wildman–Crippen MR) is 107 cm³/mol. The molecule has 0 amide bonds. The van der Waals surface area contributed by atoms with Crippen LogP contribution in [0.5, 0.6) is 0 Å². The van der Waals surface area contributed by atoms with Crippen LogP contribution in [0.1, 0.15) is 63.4 Å². The Labute approximate surface area is 172 Å². The van der Waals surface area contributed by atoms with Gasteiger partial charge in [-0.1, -0.05) is 44.9 Å². The maximum Gasteiger partial charge on any atom is 0.142 e. The van der Waals surface area contributed by atoms with Crippen LogP contribution in [0.25, 0.3) is 0 Å². The van der Waals surface area contributed by atoms with E-state index in [9.17, 15) is 0 Å². The summed E-state index contributed by atoms with van der Waals surface area (Å²) in [5.41, 5.74) is 1.55. The fourth-order valence-corrected chi connectivity index (χ4v) is 2.31. The number of ether oxygens (including phenoxy) is 4. The number of aromatic nitrogens is 2. The molecule has 0 atom stereocenters. The molecule has 2 heterocycles. The third kappa shape index (κ3) is 9.08. The Bertz CT molecular complexity index is 689. The van der Waals surface area contributed by atoms with Crippen molar-refractivity contribution in [1.29, 1.82) is 0 Å². The first-order chi connectivity index (χ1) is 13.9. The van der Waals surface area contributed by atoms with Crippen molar-refractivity contribution in [1.82, 2.24) is 10.3 Å². The van der Waals surface area contributed by atoms with E-state index in [4.69, 9.17) is 28.0 Å². The Morgan fingerprint density at radius 2 is 1.24 bits per heavy atom. The molecule has 0 fully saturated rings. The average Bonchev–Trinajstić information content (AvgIpc) is 3.32. The molecular weight excluding hydrogens is 376 g/mol. The van der Waals surface area contributed by atoms with Gasteiger partial charge in [-0.3, -0.25) is 0 Å². The van der Waals surface area contributed by atoms with Crippen LogP contribution in [-0.4, -0.2) is 50.0 Å². The lowest BCUT2D eigenvalue weighted by Gasteiger charge is -2.12. The smallest absolute Gasteiger partial charge is 0.142 e. The van der Waals surface area contributed by atoms with E-state index in [0.29, 0.717) is 58.8 Å². The van der Waals surface area contributed by atoms with Gasteiger partial charge in [0.2, 0.25) is 0 Å². The molecule has 0 unspecified atom stereocenters. The molecular formula is C21H34N2O6. The van der Waals surface area contributed by atoms with Gasteiger partial charge in [-0.25, -0.2) is 0 Å². The van der Waals surface area contributed by atoms with Crippen LogP contribution in [-0.2, 0) is 37.6 Å². The molecule has 0 bridgehead atoms. The van der Waals surface area contributed by atoms with E-state index in [2.05, 4.69) is 44.9 Å². The van der Waals surface area contributed by atoms with Crippen molar-refractivity contribution in [2.75, 3.05) is 39.6 Å². The zero-order chi connectivity index (χ0) is 21.1. The highest BCUT2D eigenvalue weighted by Gasteiger charge is 2.19. The van der Waals surface area contributed by atoms with Crippen LogP contribution in [0.4, 0.5) is 0 Å². The van der Waals surface area contributed by atoms with Gasteiger partial charge in [0.25, 0.3) is 0 Å². The van der Waals surface area contributed by atoms with Crippen LogP contribution in [0.3, 0.4) is 0 Å². The average molecular weight is 411 g/mol. The molecule has 0 aliphatic heterocycles. The van der Waals surface area contributed by atoms with Gasteiger partial charge < -0.3 is 28.0 Å². The summed E-state index contributed by atoms with van der Waals surface area (Å²) in [6, 6.07) is 3.86. The zero-order valence-electron chi connectivity index (χ0n) is 18.2. The van der Waals surface area contributed by atoms with Crippen molar-refractivity contribution in [3.63, 3.8) is 0 Å². The molecule has 8 heteroatoms. The first-order valence-corrected chi connectivity index (χ1v) is 10.1. The van der Waals surface area contributed by atoms with Crippen molar-refractivity contribution < 1.29 is 28.0 Å². The van der Waals surface area contributed by atoms with Crippen LogP contribution in [0.15, 0.2) is 21.2 Å². The maximum atomic E-state index is 5.54. The molecule has 0 saturated carbocycles. The van der Waals surface area contributed by atoms with Gasteiger partial charge in [0.1, 0.15) is 22.9 Å². The lowest BCUT2D eigenvalue weighted by Crippen LogP contribution is -2.12. The summed E-state index contributed by atoms with van der Waals surface area (Å²) in [5, 5.41) is 7.98. The Morgan fingerprint density at radius 3 is 1.69 bits per heavy atom. The second-order valence-electron chi connectivity index (χ2n) is 8.14. The van der Waals surface area contributed by atoms with Gasteiger partial charge in [0.05, 0.1) is 52.9 Å². The summed E-state index contributed by atoms with van der Waals surface area (Å²) in [6.45, 7) is 14.3. The monoisotopic (exact) mass is 410 g/mol. The molecule has 2 rings (SSSR count). The Kier molecular flexibility index (Phi) is 9.80. The van der Waals surface area contributed by atoms with Crippen molar-refractivity contribution in [2.45, 2.75) is 59.2 Å². The second-order valence-corrected chi connectivity index (χ2v) is 8.14. The highest BCUT2D eigenvalue weighted by Crippen LogP contribution is 2.22. The molecule has 0 aliphatic carbocycles. The number of nitrogens with zero attached hydrogens (tertiary/aromatic N) is 2. The third-order valence-electron chi connectivity index (χ3n) is 4.06. The highest BCUT2D eigenvalue weighted by atomic mass is 16.6. The largest absolute Gasteiger partial charge is 0.377 e. The summed E-state index contributed by atoms with van der Waals surface area (Å²) in [5.74, 6) is 2.06.